The van der Waals surface area contributed by atoms with Gasteiger partial charge in [-0.3, -0.25) is 14.3 Å². The van der Waals surface area contributed by atoms with Gasteiger partial charge in [-0.25, -0.2) is 4.79 Å². The van der Waals surface area contributed by atoms with Crippen LogP contribution in [-0.4, -0.2) is 53.2 Å². The number of amides is 2. The van der Waals surface area contributed by atoms with E-state index in [0.717, 1.165) is 21.5 Å². The van der Waals surface area contributed by atoms with E-state index in [1.165, 1.54) is 4.90 Å². The highest BCUT2D eigenvalue weighted by Gasteiger charge is 2.27. The van der Waals surface area contributed by atoms with Crippen LogP contribution in [0.4, 0.5) is 5.00 Å². The highest BCUT2D eigenvalue weighted by atomic mass is 79.9. The molecule has 158 valence electrons. The number of halogens is 1. The van der Waals surface area contributed by atoms with E-state index in [4.69, 9.17) is 4.74 Å². The van der Waals surface area contributed by atoms with Crippen molar-refractivity contribution in [1.82, 2.24) is 14.7 Å². The Balaban J connectivity index is 2.23. The summed E-state index contributed by atoms with van der Waals surface area (Å²) in [5.41, 5.74) is 1.67. The topological polar surface area (TPSA) is 93.5 Å². The lowest BCUT2D eigenvalue weighted by atomic mass is 10.1. The van der Waals surface area contributed by atoms with Gasteiger partial charge in [-0.05, 0) is 41.8 Å². The van der Waals surface area contributed by atoms with E-state index < -0.39 is 5.97 Å². The van der Waals surface area contributed by atoms with Crippen LogP contribution in [-0.2, 0) is 16.1 Å². The van der Waals surface area contributed by atoms with Gasteiger partial charge >= 0.3 is 5.97 Å². The molecule has 2 aromatic heterocycles. The van der Waals surface area contributed by atoms with E-state index in [0.29, 0.717) is 28.4 Å². The molecule has 0 saturated heterocycles. The van der Waals surface area contributed by atoms with E-state index in [9.17, 15) is 14.4 Å². The Hall–Kier alpha value is -2.20. The molecule has 0 aliphatic rings. The maximum absolute atomic E-state index is 12.5. The molecule has 0 aromatic carbocycles. The molecule has 0 aliphatic carbocycles. The van der Waals surface area contributed by atoms with Gasteiger partial charge in [0.05, 0.1) is 34.3 Å². The highest BCUT2D eigenvalue weighted by molar-refractivity contribution is 9.10. The molecular weight excluding hydrogens is 460 g/mol. The summed E-state index contributed by atoms with van der Waals surface area (Å²) in [5.74, 6) is -1.04. The van der Waals surface area contributed by atoms with Crippen LogP contribution in [0.2, 0.25) is 0 Å². The second-order valence-electron chi connectivity index (χ2n) is 6.70. The number of ether oxygens (including phenoxy) is 1. The zero-order chi connectivity index (χ0) is 21.7. The van der Waals surface area contributed by atoms with Gasteiger partial charge in [0.25, 0.3) is 5.91 Å². The van der Waals surface area contributed by atoms with Crippen LogP contribution in [0.15, 0.2) is 10.7 Å². The van der Waals surface area contributed by atoms with Gasteiger partial charge in [-0.1, -0.05) is 6.92 Å². The summed E-state index contributed by atoms with van der Waals surface area (Å²) in [6.07, 6.45) is 2.53. The predicted molar refractivity (Wildman–Crippen MR) is 116 cm³/mol. The number of rotatable bonds is 8. The SMILES string of the molecule is CCCOC(=O)c1c(NC(=O)CCn2ncc(Br)c2C)sc(C(=O)N(C)C)c1C. The van der Waals surface area contributed by atoms with E-state index in [2.05, 4.69) is 26.3 Å². The number of thiophene rings is 1. The van der Waals surface area contributed by atoms with Crippen molar-refractivity contribution in [2.24, 2.45) is 0 Å². The number of anilines is 1. The molecular formula is C19H25BrN4O4S. The summed E-state index contributed by atoms with van der Waals surface area (Å²) >= 11 is 4.48. The predicted octanol–water partition coefficient (Wildman–Crippen LogP) is 3.62. The molecule has 0 unspecified atom stereocenters. The number of hydrogen-bond donors (Lipinski definition) is 1. The van der Waals surface area contributed by atoms with Crippen LogP contribution in [0.1, 0.15) is 51.1 Å². The molecule has 2 aromatic rings. The largest absolute Gasteiger partial charge is 0.462 e. The lowest BCUT2D eigenvalue weighted by Gasteiger charge is -2.09. The van der Waals surface area contributed by atoms with E-state index >= 15 is 0 Å². The van der Waals surface area contributed by atoms with Gasteiger partial charge in [0.1, 0.15) is 5.00 Å². The normalized spacial score (nSPS) is 10.7. The number of nitrogens with one attached hydrogen (secondary N) is 1. The van der Waals surface area contributed by atoms with Gasteiger partial charge in [0.15, 0.2) is 0 Å². The summed E-state index contributed by atoms with van der Waals surface area (Å²) in [6.45, 7) is 6.15. The fourth-order valence-corrected chi connectivity index (χ4v) is 4.10. The number of esters is 1. The van der Waals surface area contributed by atoms with Crippen molar-refractivity contribution in [3.05, 3.63) is 32.4 Å². The van der Waals surface area contributed by atoms with Crippen molar-refractivity contribution in [1.29, 1.82) is 0 Å². The third-order valence-electron chi connectivity index (χ3n) is 4.24. The summed E-state index contributed by atoms with van der Waals surface area (Å²) < 4.78 is 7.85. The molecule has 8 nitrogen and oxygen atoms in total. The first-order chi connectivity index (χ1) is 13.7. The Labute approximate surface area is 182 Å². The van der Waals surface area contributed by atoms with Crippen molar-refractivity contribution in [2.75, 3.05) is 26.0 Å². The average molecular weight is 485 g/mol. The Morgan fingerprint density at radius 2 is 2.00 bits per heavy atom. The van der Waals surface area contributed by atoms with Gasteiger partial charge < -0.3 is 15.0 Å². The van der Waals surface area contributed by atoms with Gasteiger partial charge in [-0.2, -0.15) is 5.10 Å². The smallest absolute Gasteiger partial charge is 0.341 e. The van der Waals surface area contributed by atoms with Crippen LogP contribution in [0.5, 0.6) is 0 Å². The van der Waals surface area contributed by atoms with Crippen LogP contribution < -0.4 is 5.32 Å². The summed E-state index contributed by atoms with van der Waals surface area (Å²) in [7, 11) is 3.28. The summed E-state index contributed by atoms with van der Waals surface area (Å²) in [4.78, 5) is 39.4. The molecule has 1 N–H and O–H groups in total. The third-order valence-corrected chi connectivity index (χ3v) is 6.21. The molecule has 10 heteroatoms. The van der Waals surface area contributed by atoms with E-state index in [1.807, 2.05) is 13.8 Å². The molecule has 0 fully saturated rings. The van der Waals surface area contributed by atoms with Crippen molar-refractivity contribution < 1.29 is 19.1 Å². The zero-order valence-electron chi connectivity index (χ0n) is 17.2. The van der Waals surface area contributed by atoms with Crippen molar-refractivity contribution in [3.63, 3.8) is 0 Å². The Morgan fingerprint density at radius 1 is 1.31 bits per heavy atom. The van der Waals surface area contributed by atoms with Crippen molar-refractivity contribution in [2.45, 2.75) is 40.2 Å². The minimum atomic E-state index is -0.541. The molecule has 0 aliphatic heterocycles. The monoisotopic (exact) mass is 484 g/mol. The number of carbonyl (C=O) groups excluding carboxylic acids is 3. The van der Waals surface area contributed by atoms with Crippen molar-refractivity contribution >= 4 is 50.1 Å². The number of hydrogen-bond acceptors (Lipinski definition) is 6. The van der Waals surface area contributed by atoms with Gasteiger partial charge in [0.2, 0.25) is 5.91 Å². The zero-order valence-corrected chi connectivity index (χ0v) is 19.6. The van der Waals surface area contributed by atoms with Crippen LogP contribution in [0, 0.1) is 13.8 Å². The molecule has 0 atom stereocenters. The number of aromatic nitrogens is 2. The van der Waals surface area contributed by atoms with E-state index in [-0.39, 0.29) is 30.4 Å². The first-order valence-electron chi connectivity index (χ1n) is 9.17. The molecule has 2 heterocycles. The molecule has 2 rings (SSSR count). The Bertz CT molecular complexity index is 920. The van der Waals surface area contributed by atoms with Crippen LogP contribution >= 0.6 is 27.3 Å². The maximum atomic E-state index is 12.5. The average Bonchev–Trinajstić information content (AvgIpc) is 3.16. The van der Waals surface area contributed by atoms with Crippen molar-refractivity contribution in [3.8, 4) is 0 Å². The Morgan fingerprint density at radius 3 is 2.55 bits per heavy atom. The fraction of sp³-hybridized carbons (Fsp3) is 0.474. The summed E-state index contributed by atoms with van der Waals surface area (Å²) in [6, 6.07) is 0. The first kappa shape index (κ1) is 23.1. The Kier molecular flexibility index (Phi) is 7.97. The highest BCUT2D eigenvalue weighted by Crippen LogP contribution is 2.34. The van der Waals surface area contributed by atoms with Crippen LogP contribution in [0.3, 0.4) is 0 Å². The first-order valence-corrected chi connectivity index (χ1v) is 10.8. The molecule has 0 radical (unpaired) electrons. The number of aryl methyl sites for hydroxylation is 1. The lowest BCUT2D eigenvalue weighted by Crippen LogP contribution is -2.21. The van der Waals surface area contributed by atoms with Gasteiger partial charge in [0, 0.05) is 26.2 Å². The standard InChI is InChI=1S/C19H25BrN4O4S/c1-6-9-28-19(27)15-11(2)16(18(26)23(4)5)29-17(15)22-14(25)7-8-24-12(3)13(20)10-21-24/h10H,6-9H2,1-5H3,(H,22,25). The molecule has 29 heavy (non-hydrogen) atoms. The van der Waals surface area contributed by atoms with Gasteiger partial charge in [-0.15, -0.1) is 11.3 Å². The lowest BCUT2D eigenvalue weighted by molar-refractivity contribution is -0.116. The third kappa shape index (κ3) is 5.45. The molecule has 0 bridgehead atoms. The maximum Gasteiger partial charge on any atom is 0.341 e. The van der Waals surface area contributed by atoms with Crippen LogP contribution in [0.25, 0.3) is 0 Å². The molecule has 0 spiro atoms. The molecule has 0 saturated carbocycles. The quantitative estimate of drug-likeness (QED) is 0.577. The minimum absolute atomic E-state index is 0.173. The van der Waals surface area contributed by atoms with E-state index in [1.54, 1.807) is 31.9 Å². The number of carbonyl (C=O) groups is 3. The number of nitrogens with zero attached hydrogens (tertiary/aromatic N) is 3. The fourth-order valence-electron chi connectivity index (χ4n) is 2.57. The molecule has 2 amide bonds. The second-order valence-corrected chi connectivity index (χ2v) is 8.57. The second kappa shape index (κ2) is 10.0. The minimum Gasteiger partial charge on any atom is -0.462 e. The summed E-state index contributed by atoms with van der Waals surface area (Å²) in [5, 5.41) is 7.31.